The fourth-order valence-corrected chi connectivity index (χ4v) is 2.72. The van der Waals surface area contributed by atoms with E-state index in [0.717, 1.165) is 11.4 Å². The molecule has 1 unspecified atom stereocenters. The summed E-state index contributed by atoms with van der Waals surface area (Å²) in [6, 6.07) is 10.4. The second kappa shape index (κ2) is 9.16. The monoisotopic (exact) mass is 368 g/mol. The van der Waals surface area contributed by atoms with Crippen molar-refractivity contribution >= 4 is 23.3 Å². The Balaban J connectivity index is 2.11. The van der Waals surface area contributed by atoms with Gasteiger partial charge in [-0.25, -0.2) is 4.98 Å². The smallest absolute Gasteiger partial charge is 0.252 e. The molecule has 6 nitrogen and oxygen atoms in total. The number of aromatic nitrogens is 1. The lowest BCUT2D eigenvalue weighted by molar-refractivity contribution is -0.118. The van der Waals surface area contributed by atoms with E-state index in [4.69, 9.17) is 0 Å². The molecule has 2 N–H and O–H groups in total. The Kier molecular flexibility index (Phi) is 6.93. The highest BCUT2D eigenvalue weighted by Gasteiger charge is 2.23. The third-order valence-electron chi connectivity index (χ3n) is 4.19. The molecule has 2 rings (SSSR count). The minimum absolute atomic E-state index is 0.241. The van der Waals surface area contributed by atoms with Crippen LogP contribution < -0.4 is 15.5 Å². The van der Waals surface area contributed by atoms with E-state index in [1.807, 2.05) is 64.0 Å². The average molecular weight is 368 g/mol. The fourth-order valence-electron chi connectivity index (χ4n) is 2.72. The summed E-state index contributed by atoms with van der Waals surface area (Å²) in [4.78, 5) is 31.6. The maximum absolute atomic E-state index is 12.8. The first-order chi connectivity index (χ1) is 12.8. The van der Waals surface area contributed by atoms with Gasteiger partial charge in [0.25, 0.3) is 5.91 Å². The Labute approximate surface area is 161 Å². The average Bonchev–Trinajstić information content (AvgIpc) is 2.61. The van der Waals surface area contributed by atoms with Gasteiger partial charge >= 0.3 is 0 Å². The molecule has 0 saturated heterocycles. The Hall–Kier alpha value is -2.89. The SMILES string of the molecule is Cc1ccccc1C(=O)NC(CC(C)C)C(=O)Nc1ccc(N(C)C)nc1. The zero-order chi connectivity index (χ0) is 20.0. The summed E-state index contributed by atoms with van der Waals surface area (Å²) in [6.07, 6.45) is 2.16. The summed E-state index contributed by atoms with van der Waals surface area (Å²) < 4.78 is 0. The van der Waals surface area contributed by atoms with Crippen molar-refractivity contribution in [1.82, 2.24) is 10.3 Å². The number of anilines is 2. The van der Waals surface area contributed by atoms with Crippen molar-refractivity contribution in [2.45, 2.75) is 33.2 Å². The molecule has 6 heteroatoms. The predicted octanol–water partition coefficient (Wildman–Crippen LogP) is 3.24. The van der Waals surface area contributed by atoms with Crippen molar-refractivity contribution in [1.29, 1.82) is 0 Å². The summed E-state index contributed by atoms with van der Waals surface area (Å²) in [5, 5.41) is 5.73. The minimum atomic E-state index is -0.620. The van der Waals surface area contributed by atoms with Crippen LogP contribution in [-0.2, 0) is 4.79 Å². The molecular weight excluding hydrogens is 340 g/mol. The number of rotatable bonds is 7. The summed E-state index contributed by atoms with van der Waals surface area (Å²) in [5.74, 6) is 0.576. The third-order valence-corrected chi connectivity index (χ3v) is 4.19. The molecule has 0 aliphatic heterocycles. The topological polar surface area (TPSA) is 74.3 Å². The summed E-state index contributed by atoms with van der Waals surface area (Å²) >= 11 is 0. The molecule has 0 spiro atoms. The molecular formula is C21H28N4O2. The highest BCUT2D eigenvalue weighted by Crippen LogP contribution is 2.14. The van der Waals surface area contributed by atoms with Gasteiger partial charge in [-0.1, -0.05) is 32.0 Å². The van der Waals surface area contributed by atoms with Crippen LogP contribution in [0.15, 0.2) is 42.6 Å². The van der Waals surface area contributed by atoms with Gasteiger partial charge in [0.2, 0.25) is 5.91 Å². The van der Waals surface area contributed by atoms with Crippen LogP contribution in [0.5, 0.6) is 0 Å². The largest absolute Gasteiger partial charge is 0.363 e. The van der Waals surface area contributed by atoms with Gasteiger partial charge in [0.1, 0.15) is 11.9 Å². The molecule has 1 aromatic heterocycles. The lowest BCUT2D eigenvalue weighted by Crippen LogP contribution is -2.44. The van der Waals surface area contributed by atoms with E-state index in [0.29, 0.717) is 17.7 Å². The number of carbonyl (C=O) groups is 2. The number of pyridine rings is 1. The van der Waals surface area contributed by atoms with Gasteiger partial charge in [0, 0.05) is 19.7 Å². The van der Waals surface area contributed by atoms with Crippen molar-refractivity contribution in [3.05, 3.63) is 53.7 Å². The van der Waals surface area contributed by atoms with Gasteiger partial charge in [-0.05, 0) is 43.0 Å². The van der Waals surface area contributed by atoms with Crippen LogP contribution in [0.1, 0.15) is 36.2 Å². The van der Waals surface area contributed by atoms with Gasteiger partial charge in [0.05, 0.1) is 11.9 Å². The van der Waals surface area contributed by atoms with Gasteiger partial charge < -0.3 is 15.5 Å². The van der Waals surface area contributed by atoms with Crippen LogP contribution >= 0.6 is 0 Å². The van der Waals surface area contributed by atoms with Gasteiger partial charge in [-0.15, -0.1) is 0 Å². The fraction of sp³-hybridized carbons (Fsp3) is 0.381. The van der Waals surface area contributed by atoms with E-state index in [9.17, 15) is 9.59 Å². The van der Waals surface area contributed by atoms with E-state index in [-0.39, 0.29) is 17.7 Å². The first-order valence-corrected chi connectivity index (χ1v) is 9.08. The van der Waals surface area contributed by atoms with Gasteiger partial charge in [-0.3, -0.25) is 9.59 Å². The summed E-state index contributed by atoms with van der Waals surface area (Å²) in [7, 11) is 3.81. The lowest BCUT2D eigenvalue weighted by atomic mass is 10.0. The first kappa shape index (κ1) is 20.4. The molecule has 2 amide bonds. The number of nitrogens with one attached hydrogen (secondary N) is 2. The highest BCUT2D eigenvalue weighted by atomic mass is 16.2. The summed E-state index contributed by atoms with van der Waals surface area (Å²) in [5.41, 5.74) is 2.06. The van der Waals surface area contributed by atoms with Crippen LogP contribution in [0.25, 0.3) is 0 Å². The number of hydrogen-bond donors (Lipinski definition) is 2. The number of amides is 2. The highest BCUT2D eigenvalue weighted by molar-refractivity contribution is 6.01. The predicted molar refractivity (Wildman–Crippen MR) is 109 cm³/mol. The quantitative estimate of drug-likeness (QED) is 0.787. The van der Waals surface area contributed by atoms with E-state index in [1.54, 1.807) is 18.3 Å². The van der Waals surface area contributed by atoms with E-state index >= 15 is 0 Å². The summed E-state index contributed by atoms with van der Waals surface area (Å²) in [6.45, 7) is 5.92. The Morgan fingerprint density at radius 3 is 2.37 bits per heavy atom. The van der Waals surface area contributed by atoms with Crippen molar-refractivity contribution < 1.29 is 9.59 Å². The van der Waals surface area contributed by atoms with E-state index in [2.05, 4.69) is 15.6 Å². The lowest BCUT2D eigenvalue weighted by Gasteiger charge is -2.21. The second-order valence-electron chi connectivity index (χ2n) is 7.26. The number of hydrogen-bond acceptors (Lipinski definition) is 4. The molecule has 0 radical (unpaired) electrons. The number of benzene rings is 1. The molecule has 1 aromatic carbocycles. The molecule has 0 aliphatic rings. The Morgan fingerprint density at radius 1 is 1.11 bits per heavy atom. The van der Waals surface area contributed by atoms with E-state index in [1.165, 1.54) is 0 Å². The van der Waals surface area contributed by atoms with Gasteiger partial charge in [-0.2, -0.15) is 0 Å². The zero-order valence-electron chi connectivity index (χ0n) is 16.6. The van der Waals surface area contributed by atoms with Crippen molar-refractivity contribution in [2.75, 3.05) is 24.3 Å². The second-order valence-corrected chi connectivity index (χ2v) is 7.26. The van der Waals surface area contributed by atoms with Crippen molar-refractivity contribution in [3.8, 4) is 0 Å². The molecule has 1 atom stereocenters. The zero-order valence-corrected chi connectivity index (χ0v) is 16.6. The molecule has 0 fully saturated rings. The standard InChI is InChI=1S/C21H28N4O2/c1-14(2)12-18(24-20(26)17-9-7-6-8-15(17)3)21(27)23-16-10-11-19(22-13-16)25(4)5/h6-11,13-14,18H,12H2,1-5H3,(H,23,27)(H,24,26). The van der Waals surface area contributed by atoms with E-state index < -0.39 is 6.04 Å². The first-order valence-electron chi connectivity index (χ1n) is 9.08. The van der Waals surface area contributed by atoms with Crippen LogP contribution in [0.2, 0.25) is 0 Å². The molecule has 2 aromatic rings. The van der Waals surface area contributed by atoms with Crippen LogP contribution in [0.4, 0.5) is 11.5 Å². The molecule has 0 bridgehead atoms. The van der Waals surface area contributed by atoms with Crippen LogP contribution in [0.3, 0.4) is 0 Å². The third kappa shape index (κ3) is 5.81. The maximum Gasteiger partial charge on any atom is 0.252 e. The number of nitrogens with zero attached hydrogens (tertiary/aromatic N) is 2. The van der Waals surface area contributed by atoms with Crippen molar-refractivity contribution in [3.63, 3.8) is 0 Å². The molecule has 27 heavy (non-hydrogen) atoms. The molecule has 0 aliphatic carbocycles. The van der Waals surface area contributed by atoms with Crippen LogP contribution in [0, 0.1) is 12.8 Å². The van der Waals surface area contributed by atoms with Gasteiger partial charge in [0.15, 0.2) is 0 Å². The molecule has 0 saturated carbocycles. The number of aryl methyl sites for hydroxylation is 1. The normalized spacial score (nSPS) is 11.8. The Morgan fingerprint density at radius 2 is 1.81 bits per heavy atom. The number of carbonyl (C=O) groups excluding carboxylic acids is 2. The van der Waals surface area contributed by atoms with Crippen LogP contribution in [-0.4, -0.2) is 36.9 Å². The molecule has 144 valence electrons. The van der Waals surface area contributed by atoms with Crippen molar-refractivity contribution in [2.24, 2.45) is 5.92 Å². The minimum Gasteiger partial charge on any atom is -0.363 e. The molecule has 1 heterocycles. The Bertz CT molecular complexity index is 785. The maximum atomic E-state index is 12.8.